The van der Waals surface area contributed by atoms with Crippen LogP contribution in [0.5, 0.6) is 0 Å². The number of hydrogen-bond donors (Lipinski definition) is 6. The van der Waals surface area contributed by atoms with Crippen molar-refractivity contribution in [2.75, 3.05) is 6.61 Å². The molecule has 0 saturated carbocycles. The standard InChI is InChI=1S/C20H18Cl2F5N3O4S/c21-7-2-1-6(3-8(7)22)35-20-19(33)17(18(32)10(5-31)34-20)29-4-9(30-28)11-12(23)14(25)16(27)15(26)13(11)24/h1-4,10,17-20,29-33H,5,28H2/b9-4-/t10?,17?,18-,19?,20+/m0/s1. The predicted molar refractivity (Wildman–Crippen MR) is 119 cm³/mol. The number of hydrazine groups is 1. The maximum absolute atomic E-state index is 14.2. The first-order valence-corrected chi connectivity index (χ1v) is 11.3. The zero-order valence-electron chi connectivity index (χ0n) is 17.3. The number of nitrogens with one attached hydrogen (secondary N) is 2. The number of halogens is 7. The van der Waals surface area contributed by atoms with Gasteiger partial charge in [0.25, 0.3) is 0 Å². The number of thioether (sulfide) groups is 1. The number of aliphatic hydroxyl groups excluding tert-OH is 3. The second kappa shape index (κ2) is 11.5. The summed E-state index contributed by atoms with van der Waals surface area (Å²) in [5.41, 5.74) is -1.43. The number of hydrogen-bond acceptors (Lipinski definition) is 8. The number of aliphatic hydroxyl groups is 3. The van der Waals surface area contributed by atoms with Gasteiger partial charge in [0.2, 0.25) is 5.82 Å². The first kappa shape index (κ1) is 27.7. The molecule has 15 heteroatoms. The third kappa shape index (κ3) is 5.62. The monoisotopic (exact) mass is 561 g/mol. The fourth-order valence-electron chi connectivity index (χ4n) is 3.27. The van der Waals surface area contributed by atoms with E-state index in [0.29, 0.717) is 4.90 Å². The van der Waals surface area contributed by atoms with Gasteiger partial charge in [0.1, 0.15) is 23.7 Å². The Morgan fingerprint density at radius 1 is 1.00 bits per heavy atom. The summed E-state index contributed by atoms with van der Waals surface area (Å²) in [6, 6.07) is 3.23. The average Bonchev–Trinajstić information content (AvgIpc) is 2.84. The second-order valence-corrected chi connectivity index (χ2v) is 9.23. The summed E-state index contributed by atoms with van der Waals surface area (Å²) in [6.45, 7) is -0.673. The van der Waals surface area contributed by atoms with Crippen LogP contribution in [0, 0.1) is 29.1 Å². The highest BCUT2D eigenvalue weighted by molar-refractivity contribution is 7.99. The summed E-state index contributed by atoms with van der Waals surface area (Å²) in [5, 5.41) is 33.8. The van der Waals surface area contributed by atoms with E-state index in [-0.39, 0.29) is 10.0 Å². The smallest absolute Gasteiger partial charge is 0.200 e. The second-order valence-electron chi connectivity index (χ2n) is 7.24. The van der Waals surface area contributed by atoms with Gasteiger partial charge >= 0.3 is 0 Å². The van der Waals surface area contributed by atoms with Crippen LogP contribution in [0.3, 0.4) is 0 Å². The molecule has 1 saturated heterocycles. The molecule has 35 heavy (non-hydrogen) atoms. The van der Waals surface area contributed by atoms with Crippen molar-refractivity contribution in [2.45, 2.75) is 34.7 Å². The molecule has 7 N–H and O–H groups in total. The zero-order valence-corrected chi connectivity index (χ0v) is 19.6. The molecular weight excluding hydrogens is 544 g/mol. The van der Waals surface area contributed by atoms with Crippen molar-refractivity contribution in [3.05, 3.63) is 69.1 Å². The van der Waals surface area contributed by atoms with E-state index in [9.17, 15) is 37.3 Å². The van der Waals surface area contributed by atoms with Crippen molar-refractivity contribution in [1.29, 1.82) is 0 Å². The summed E-state index contributed by atoms with van der Waals surface area (Å²) < 4.78 is 74.5. The van der Waals surface area contributed by atoms with Crippen molar-refractivity contribution >= 4 is 40.7 Å². The van der Waals surface area contributed by atoms with Crippen LogP contribution < -0.4 is 16.6 Å². The zero-order chi connectivity index (χ0) is 26.0. The van der Waals surface area contributed by atoms with Crippen LogP contribution in [-0.2, 0) is 4.74 Å². The minimum atomic E-state index is -2.35. The number of ether oxygens (including phenoxy) is 1. The molecule has 5 atom stereocenters. The van der Waals surface area contributed by atoms with Crippen LogP contribution in [0.4, 0.5) is 22.0 Å². The molecule has 0 aromatic heterocycles. The molecule has 0 aliphatic carbocycles. The van der Waals surface area contributed by atoms with E-state index >= 15 is 0 Å². The highest BCUT2D eigenvalue weighted by atomic mass is 35.5. The summed E-state index contributed by atoms with van der Waals surface area (Å²) in [4.78, 5) is 0.511. The Balaban J connectivity index is 1.91. The van der Waals surface area contributed by atoms with E-state index in [0.717, 1.165) is 18.0 Å². The van der Waals surface area contributed by atoms with E-state index in [1.807, 2.05) is 5.43 Å². The van der Waals surface area contributed by atoms with E-state index < -0.39 is 76.7 Å². The highest BCUT2D eigenvalue weighted by Gasteiger charge is 2.44. The fourth-order valence-corrected chi connectivity index (χ4v) is 4.74. The molecule has 3 unspecified atom stereocenters. The van der Waals surface area contributed by atoms with Gasteiger partial charge in [-0.25, -0.2) is 22.0 Å². The van der Waals surface area contributed by atoms with Gasteiger partial charge in [-0.2, -0.15) is 0 Å². The first-order chi connectivity index (χ1) is 16.5. The van der Waals surface area contributed by atoms with Gasteiger partial charge in [-0.15, -0.1) is 0 Å². The Kier molecular flexibility index (Phi) is 9.10. The number of benzene rings is 2. The molecule has 1 heterocycles. The van der Waals surface area contributed by atoms with Crippen molar-refractivity contribution in [3.63, 3.8) is 0 Å². The van der Waals surface area contributed by atoms with E-state index in [2.05, 4.69) is 5.32 Å². The molecule has 1 aliphatic heterocycles. The first-order valence-electron chi connectivity index (χ1n) is 9.70. The molecule has 1 fully saturated rings. The summed E-state index contributed by atoms with van der Waals surface area (Å²) in [7, 11) is 0. The highest BCUT2D eigenvalue weighted by Crippen LogP contribution is 2.36. The Labute approximate surface area is 209 Å². The molecule has 0 spiro atoms. The van der Waals surface area contributed by atoms with Gasteiger partial charge in [-0.3, -0.25) is 5.84 Å². The maximum atomic E-state index is 14.2. The largest absolute Gasteiger partial charge is 0.394 e. The van der Waals surface area contributed by atoms with E-state index in [1.54, 1.807) is 6.07 Å². The lowest BCUT2D eigenvalue weighted by Gasteiger charge is -2.42. The van der Waals surface area contributed by atoms with Gasteiger partial charge in [0.15, 0.2) is 23.3 Å². The van der Waals surface area contributed by atoms with Crippen LogP contribution in [0.1, 0.15) is 5.56 Å². The van der Waals surface area contributed by atoms with Crippen molar-refractivity contribution in [2.24, 2.45) is 5.84 Å². The molecule has 192 valence electrons. The topological polar surface area (TPSA) is 120 Å². The fraction of sp³-hybridized carbons (Fsp3) is 0.300. The van der Waals surface area contributed by atoms with E-state index in [4.69, 9.17) is 33.8 Å². The van der Waals surface area contributed by atoms with Gasteiger partial charge in [-0.1, -0.05) is 35.0 Å². The molecule has 1 aliphatic rings. The summed E-state index contributed by atoms with van der Waals surface area (Å²) >= 11 is 12.8. The summed E-state index contributed by atoms with van der Waals surface area (Å²) in [6.07, 6.45) is -3.57. The van der Waals surface area contributed by atoms with Crippen molar-refractivity contribution in [1.82, 2.24) is 10.7 Å². The Hall–Kier alpha value is -1.84. The van der Waals surface area contributed by atoms with Crippen LogP contribution in [0.15, 0.2) is 29.3 Å². The maximum Gasteiger partial charge on any atom is 0.200 e. The minimum Gasteiger partial charge on any atom is -0.394 e. The SMILES string of the molecule is NN/C(=C\NC1C(O)[C@@H](Sc2ccc(Cl)c(Cl)c2)OC(CO)[C@@H]1O)c1c(F)c(F)c(F)c(F)c1F. The summed E-state index contributed by atoms with van der Waals surface area (Å²) in [5.74, 6) is -5.81. The van der Waals surface area contributed by atoms with Gasteiger partial charge in [-0.05, 0) is 18.2 Å². The lowest BCUT2D eigenvalue weighted by atomic mass is 9.97. The van der Waals surface area contributed by atoms with Gasteiger partial charge in [0.05, 0.1) is 34.0 Å². The Morgan fingerprint density at radius 2 is 1.60 bits per heavy atom. The molecule has 0 bridgehead atoms. The van der Waals surface area contributed by atoms with E-state index in [1.165, 1.54) is 12.1 Å². The molecule has 0 radical (unpaired) electrons. The number of rotatable bonds is 7. The van der Waals surface area contributed by atoms with Crippen LogP contribution in [0.2, 0.25) is 10.0 Å². The molecule has 2 aromatic rings. The van der Waals surface area contributed by atoms with Crippen LogP contribution in [0.25, 0.3) is 5.70 Å². The Morgan fingerprint density at radius 3 is 2.14 bits per heavy atom. The van der Waals surface area contributed by atoms with Gasteiger partial charge in [0, 0.05) is 11.1 Å². The third-order valence-corrected chi connectivity index (χ3v) is 6.97. The van der Waals surface area contributed by atoms with Crippen molar-refractivity contribution < 1.29 is 42.0 Å². The molecular formula is C20H18Cl2F5N3O4S. The van der Waals surface area contributed by atoms with Crippen LogP contribution >= 0.6 is 35.0 Å². The molecule has 2 aromatic carbocycles. The third-order valence-electron chi connectivity index (χ3n) is 5.08. The lowest BCUT2D eigenvalue weighted by molar-refractivity contribution is -0.164. The molecule has 3 rings (SSSR count). The minimum absolute atomic E-state index is 0.222. The molecule has 7 nitrogen and oxygen atoms in total. The lowest BCUT2D eigenvalue weighted by Crippen LogP contribution is -2.62. The normalized spacial score (nSPS) is 25.0. The number of nitrogens with two attached hydrogens (primary N) is 1. The van der Waals surface area contributed by atoms with Crippen LogP contribution in [-0.4, -0.2) is 51.7 Å². The predicted octanol–water partition coefficient (Wildman–Crippen LogP) is 2.64. The molecule has 0 amide bonds. The quantitative estimate of drug-likeness (QED) is 0.100. The average molecular weight is 562 g/mol. The van der Waals surface area contributed by atoms with Crippen molar-refractivity contribution in [3.8, 4) is 0 Å². The Bertz CT molecular complexity index is 1100. The van der Waals surface area contributed by atoms with Gasteiger partial charge < -0.3 is 30.8 Å².